The molecular formula is C13H29NO. The van der Waals surface area contributed by atoms with E-state index in [1.807, 2.05) is 27.7 Å². The van der Waals surface area contributed by atoms with Crippen LogP contribution in [0.2, 0.25) is 0 Å². The Morgan fingerprint density at radius 1 is 1.27 bits per heavy atom. The van der Waals surface area contributed by atoms with Crippen molar-refractivity contribution in [2.75, 3.05) is 0 Å². The van der Waals surface area contributed by atoms with Crippen molar-refractivity contribution in [1.29, 1.82) is 0 Å². The minimum atomic E-state index is -0.282. The van der Waals surface area contributed by atoms with E-state index in [0.717, 1.165) is 12.8 Å². The van der Waals surface area contributed by atoms with Crippen molar-refractivity contribution in [3.05, 3.63) is 0 Å². The second-order valence-electron chi connectivity index (χ2n) is 5.08. The maximum atomic E-state index is 11.6. The maximum Gasteiger partial charge on any atom is 0.152 e. The number of carbonyl (C=O) groups excluding carboxylic acids is 1. The lowest BCUT2D eigenvalue weighted by molar-refractivity contribution is -0.124. The molecule has 0 aliphatic heterocycles. The van der Waals surface area contributed by atoms with Crippen LogP contribution in [0.3, 0.4) is 0 Å². The molecule has 0 aliphatic carbocycles. The van der Waals surface area contributed by atoms with E-state index in [2.05, 4.69) is 20.8 Å². The molecule has 0 aliphatic rings. The predicted molar refractivity (Wildman–Crippen MR) is 67.9 cm³/mol. The van der Waals surface area contributed by atoms with Crippen LogP contribution >= 0.6 is 0 Å². The van der Waals surface area contributed by atoms with E-state index in [9.17, 15) is 4.79 Å². The van der Waals surface area contributed by atoms with Gasteiger partial charge in [0.15, 0.2) is 5.78 Å². The molecular weight excluding hydrogens is 186 g/mol. The lowest BCUT2D eigenvalue weighted by atomic mass is 9.84. The van der Waals surface area contributed by atoms with Gasteiger partial charge in [-0.05, 0) is 18.3 Å². The highest BCUT2D eigenvalue weighted by Gasteiger charge is 2.23. The predicted octanol–water partition coefficient (Wildman–Crippen LogP) is 3.39. The van der Waals surface area contributed by atoms with Gasteiger partial charge >= 0.3 is 0 Å². The molecule has 2 atom stereocenters. The van der Waals surface area contributed by atoms with Crippen LogP contribution in [-0.4, -0.2) is 11.8 Å². The summed E-state index contributed by atoms with van der Waals surface area (Å²) in [6.07, 6.45) is 1.66. The summed E-state index contributed by atoms with van der Waals surface area (Å²) in [7, 11) is 0. The molecule has 2 heteroatoms. The first-order valence-corrected chi connectivity index (χ1v) is 6.07. The molecule has 0 saturated carbocycles. The van der Waals surface area contributed by atoms with E-state index in [-0.39, 0.29) is 23.2 Å². The van der Waals surface area contributed by atoms with Gasteiger partial charge in [-0.2, -0.15) is 0 Å². The number of carbonyl (C=O) groups is 1. The van der Waals surface area contributed by atoms with Gasteiger partial charge in [-0.3, -0.25) is 4.79 Å². The van der Waals surface area contributed by atoms with Crippen molar-refractivity contribution in [3.63, 3.8) is 0 Å². The van der Waals surface area contributed by atoms with Crippen molar-refractivity contribution in [2.24, 2.45) is 17.1 Å². The number of ketones is 1. The van der Waals surface area contributed by atoms with E-state index >= 15 is 0 Å². The quantitative estimate of drug-likeness (QED) is 0.781. The Bertz CT molecular complexity index is 170. The molecule has 15 heavy (non-hydrogen) atoms. The Labute approximate surface area is 95.6 Å². The molecule has 92 valence electrons. The Balaban J connectivity index is 0. The highest BCUT2D eigenvalue weighted by molar-refractivity contribution is 5.85. The SMILES string of the molecule is CC.CCC(C)C(=O)C(N)CC(C)(C)C. The summed E-state index contributed by atoms with van der Waals surface area (Å²) in [6.45, 7) is 14.3. The third kappa shape index (κ3) is 8.61. The van der Waals surface area contributed by atoms with Gasteiger partial charge in [0, 0.05) is 5.92 Å². The number of hydrogen-bond donors (Lipinski definition) is 1. The first kappa shape index (κ1) is 17.0. The molecule has 0 aromatic rings. The van der Waals surface area contributed by atoms with Gasteiger partial charge < -0.3 is 5.73 Å². The first-order chi connectivity index (χ1) is 6.78. The van der Waals surface area contributed by atoms with E-state index in [1.165, 1.54) is 0 Å². The molecule has 0 saturated heterocycles. The molecule has 0 spiro atoms. The number of hydrogen-bond acceptors (Lipinski definition) is 2. The fourth-order valence-electron chi connectivity index (χ4n) is 1.33. The Morgan fingerprint density at radius 3 is 1.93 bits per heavy atom. The molecule has 0 amide bonds. The minimum absolute atomic E-state index is 0.109. The number of nitrogens with two attached hydrogens (primary N) is 1. The first-order valence-electron chi connectivity index (χ1n) is 6.07. The molecule has 2 unspecified atom stereocenters. The van der Waals surface area contributed by atoms with E-state index < -0.39 is 0 Å². The number of rotatable bonds is 4. The van der Waals surface area contributed by atoms with Crippen molar-refractivity contribution >= 4 is 5.78 Å². The van der Waals surface area contributed by atoms with Crippen molar-refractivity contribution < 1.29 is 4.79 Å². The zero-order valence-electron chi connectivity index (χ0n) is 11.6. The van der Waals surface area contributed by atoms with Crippen LogP contribution in [-0.2, 0) is 4.79 Å². The van der Waals surface area contributed by atoms with Gasteiger partial charge in [-0.25, -0.2) is 0 Å². The lowest BCUT2D eigenvalue weighted by Gasteiger charge is -2.23. The van der Waals surface area contributed by atoms with Crippen molar-refractivity contribution in [1.82, 2.24) is 0 Å². The fourth-order valence-corrected chi connectivity index (χ4v) is 1.33. The van der Waals surface area contributed by atoms with Crippen LogP contribution in [0, 0.1) is 11.3 Å². The highest BCUT2D eigenvalue weighted by atomic mass is 16.1. The largest absolute Gasteiger partial charge is 0.321 e. The second kappa shape index (κ2) is 7.86. The van der Waals surface area contributed by atoms with Gasteiger partial charge in [-0.1, -0.05) is 48.5 Å². The average Bonchev–Trinajstić information content (AvgIpc) is 2.16. The highest BCUT2D eigenvalue weighted by Crippen LogP contribution is 2.21. The number of Topliss-reactive ketones (excluding diaryl/α,β-unsaturated/α-hetero) is 1. The van der Waals surface area contributed by atoms with Crippen LogP contribution in [0.5, 0.6) is 0 Å². The van der Waals surface area contributed by atoms with Crippen molar-refractivity contribution in [2.45, 2.75) is 67.3 Å². The van der Waals surface area contributed by atoms with Crippen LogP contribution in [0.15, 0.2) is 0 Å². The fraction of sp³-hybridized carbons (Fsp3) is 0.923. The molecule has 0 rings (SSSR count). The summed E-state index contributed by atoms with van der Waals surface area (Å²) in [5, 5.41) is 0. The summed E-state index contributed by atoms with van der Waals surface area (Å²) in [5.41, 5.74) is 5.97. The van der Waals surface area contributed by atoms with Crippen LogP contribution in [0.4, 0.5) is 0 Å². The molecule has 0 bridgehead atoms. The molecule has 0 radical (unpaired) electrons. The second-order valence-corrected chi connectivity index (χ2v) is 5.08. The van der Waals surface area contributed by atoms with Gasteiger partial charge in [0.1, 0.15) is 0 Å². The van der Waals surface area contributed by atoms with Crippen molar-refractivity contribution in [3.8, 4) is 0 Å². The third-order valence-corrected chi connectivity index (χ3v) is 2.30. The zero-order valence-corrected chi connectivity index (χ0v) is 11.6. The Kier molecular flexibility index (Phi) is 8.93. The van der Waals surface area contributed by atoms with Gasteiger partial charge in [0.05, 0.1) is 6.04 Å². The van der Waals surface area contributed by atoms with E-state index in [4.69, 9.17) is 5.73 Å². The summed E-state index contributed by atoms with van der Waals surface area (Å²) in [5.74, 6) is 0.315. The zero-order chi connectivity index (χ0) is 12.6. The standard InChI is InChI=1S/C11H23NO.C2H6/c1-6-8(2)10(13)9(12)7-11(3,4)5;1-2/h8-9H,6-7,12H2,1-5H3;1-2H3. The summed E-state index contributed by atoms with van der Waals surface area (Å²) < 4.78 is 0. The lowest BCUT2D eigenvalue weighted by Crippen LogP contribution is -2.37. The normalized spacial score (nSPS) is 14.9. The molecule has 0 aromatic heterocycles. The topological polar surface area (TPSA) is 43.1 Å². The monoisotopic (exact) mass is 215 g/mol. The van der Waals surface area contributed by atoms with Gasteiger partial charge in [0.25, 0.3) is 0 Å². The van der Waals surface area contributed by atoms with Crippen LogP contribution in [0.1, 0.15) is 61.3 Å². The summed E-state index contributed by atoms with van der Waals surface area (Å²) in [6, 6.07) is -0.282. The Hall–Kier alpha value is -0.370. The molecule has 2 N–H and O–H groups in total. The van der Waals surface area contributed by atoms with E-state index in [1.54, 1.807) is 0 Å². The smallest absolute Gasteiger partial charge is 0.152 e. The average molecular weight is 215 g/mol. The van der Waals surface area contributed by atoms with Gasteiger partial charge in [0.2, 0.25) is 0 Å². The Morgan fingerprint density at radius 2 is 1.67 bits per heavy atom. The molecule has 0 heterocycles. The summed E-state index contributed by atoms with van der Waals surface area (Å²) >= 11 is 0. The minimum Gasteiger partial charge on any atom is -0.321 e. The van der Waals surface area contributed by atoms with E-state index in [0.29, 0.717) is 0 Å². The van der Waals surface area contributed by atoms with Crippen LogP contribution in [0.25, 0.3) is 0 Å². The van der Waals surface area contributed by atoms with Gasteiger partial charge in [-0.15, -0.1) is 0 Å². The molecule has 0 fully saturated rings. The molecule has 2 nitrogen and oxygen atoms in total. The van der Waals surface area contributed by atoms with Crippen LogP contribution < -0.4 is 5.73 Å². The maximum absolute atomic E-state index is 11.6. The summed E-state index contributed by atoms with van der Waals surface area (Å²) in [4.78, 5) is 11.6. The molecule has 0 aromatic carbocycles. The third-order valence-electron chi connectivity index (χ3n) is 2.30.